The van der Waals surface area contributed by atoms with E-state index in [1.807, 2.05) is 0 Å². The molecule has 0 spiro atoms. The molecular formula is C17H2O. The number of rotatable bonds is 0. The molecule has 0 rings (SSSR count). The summed E-state index contributed by atoms with van der Waals surface area (Å²) in [7, 11) is 0. The second kappa shape index (κ2) is 13.1. The molecule has 0 aliphatic carbocycles. The van der Waals surface area contributed by atoms with Gasteiger partial charge >= 0.3 is 0 Å². The smallest absolute Gasteiger partial charge is 0.193 e. The highest BCUT2D eigenvalue weighted by molar-refractivity contribution is 5.73. The molecular weight excluding hydrogens is 220 g/mol. The third kappa shape index (κ3) is 12.1. The minimum atomic E-state index is 0.451. The van der Waals surface area contributed by atoms with Gasteiger partial charge in [0.25, 0.3) is 0 Å². The fourth-order valence-corrected chi connectivity index (χ4v) is 0.445. The van der Waals surface area contributed by atoms with E-state index in [9.17, 15) is 4.79 Å². The lowest BCUT2D eigenvalue weighted by Gasteiger charge is -1.56. The quantitative estimate of drug-likeness (QED) is 0.411. The van der Waals surface area contributed by atoms with Gasteiger partial charge in [0, 0.05) is 0 Å². The van der Waals surface area contributed by atoms with Gasteiger partial charge in [-0.05, 0) is 88.8 Å². The van der Waals surface area contributed by atoms with Crippen molar-refractivity contribution in [3.8, 4) is 95.2 Å². The minimum absolute atomic E-state index is 0.451. The molecule has 0 amide bonds. The maximum Gasteiger partial charge on any atom is 0.193 e. The minimum Gasteiger partial charge on any atom is -0.289 e. The van der Waals surface area contributed by atoms with Crippen molar-refractivity contribution in [1.82, 2.24) is 0 Å². The van der Waals surface area contributed by atoms with E-state index in [4.69, 9.17) is 6.42 Å². The number of aldehydes is 1. The van der Waals surface area contributed by atoms with Crippen molar-refractivity contribution >= 4 is 6.29 Å². The summed E-state index contributed by atoms with van der Waals surface area (Å²) < 4.78 is 0. The van der Waals surface area contributed by atoms with Crippen molar-refractivity contribution in [3.05, 3.63) is 0 Å². The average molecular weight is 222 g/mol. The summed E-state index contributed by atoms with van der Waals surface area (Å²) in [5.41, 5.74) is 0. The Bertz CT molecular complexity index is 783. The fraction of sp³-hybridized carbons (Fsp3) is 0. The van der Waals surface area contributed by atoms with E-state index in [1.165, 1.54) is 0 Å². The lowest BCUT2D eigenvalue weighted by Crippen LogP contribution is -1.58. The van der Waals surface area contributed by atoms with Crippen LogP contribution in [0.4, 0.5) is 0 Å². The molecule has 0 atom stereocenters. The van der Waals surface area contributed by atoms with Crippen LogP contribution in [-0.2, 0) is 4.79 Å². The molecule has 0 aliphatic heterocycles. The van der Waals surface area contributed by atoms with Crippen LogP contribution in [0.3, 0.4) is 0 Å². The maximum absolute atomic E-state index is 9.78. The molecule has 18 heavy (non-hydrogen) atoms. The molecule has 0 heterocycles. The van der Waals surface area contributed by atoms with Crippen LogP contribution in [0.5, 0.6) is 0 Å². The lowest BCUT2D eigenvalue weighted by molar-refractivity contribution is -0.103. The summed E-state index contributed by atoms with van der Waals surface area (Å²) in [6.07, 6.45) is 5.33. The first-order chi connectivity index (χ1) is 8.91. The molecule has 0 saturated heterocycles. The third-order valence-electron chi connectivity index (χ3n) is 0.953. The summed E-state index contributed by atoms with van der Waals surface area (Å²) >= 11 is 0. The predicted octanol–water partition coefficient (Wildman–Crippen LogP) is -0.158. The molecule has 0 aromatic carbocycles. The Morgan fingerprint density at radius 3 is 1.22 bits per heavy atom. The molecule has 0 aromatic rings. The summed E-state index contributed by atoms with van der Waals surface area (Å²) in [5, 5.41) is 0. The van der Waals surface area contributed by atoms with Crippen molar-refractivity contribution in [2.24, 2.45) is 0 Å². The first-order valence-corrected chi connectivity index (χ1v) is 4.31. The monoisotopic (exact) mass is 222 g/mol. The van der Waals surface area contributed by atoms with E-state index in [1.54, 1.807) is 0 Å². The Morgan fingerprint density at radius 2 is 0.889 bits per heavy atom. The Labute approximate surface area is 107 Å². The van der Waals surface area contributed by atoms with Gasteiger partial charge in [0.2, 0.25) is 0 Å². The van der Waals surface area contributed by atoms with Crippen LogP contribution in [0.25, 0.3) is 0 Å². The van der Waals surface area contributed by atoms with Crippen LogP contribution in [0.1, 0.15) is 0 Å². The molecule has 0 unspecified atom stereocenters. The molecule has 1 nitrogen and oxygen atoms in total. The van der Waals surface area contributed by atoms with Gasteiger partial charge in [0.05, 0.1) is 0 Å². The SMILES string of the molecule is C#CC#CC#CC#CC#CC#CC#CC#CC=O. The molecule has 76 valence electrons. The molecule has 0 bridgehead atoms. The van der Waals surface area contributed by atoms with Gasteiger partial charge < -0.3 is 0 Å². The molecule has 0 aliphatic rings. The van der Waals surface area contributed by atoms with Gasteiger partial charge in [-0.1, -0.05) is 0 Å². The number of carbonyl (C=O) groups is 1. The Kier molecular flexibility index (Phi) is 10.3. The largest absolute Gasteiger partial charge is 0.289 e. The Balaban J connectivity index is 4.29. The van der Waals surface area contributed by atoms with E-state index in [2.05, 4.69) is 88.8 Å². The van der Waals surface area contributed by atoms with E-state index < -0.39 is 0 Å². The van der Waals surface area contributed by atoms with Crippen LogP contribution < -0.4 is 0 Å². The summed E-state index contributed by atoms with van der Waals surface area (Å²) in [6.45, 7) is 0. The van der Waals surface area contributed by atoms with Gasteiger partial charge in [0.15, 0.2) is 6.29 Å². The number of hydrogen-bond donors (Lipinski definition) is 0. The van der Waals surface area contributed by atoms with Crippen LogP contribution in [0.2, 0.25) is 0 Å². The van der Waals surface area contributed by atoms with E-state index in [-0.39, 0.29) is 0 Å². The predicted molar refractivity (Wildman–Crippen MR) is 69.3 cm³/mol. The normalized spacial score (nSPS) is 3.94. The average Bonchev–Trinajstić information content (AvgIpc) is 2.39. The molecule has 0 fully saturated rings. The van der Waals surface area contributed by atoms with E-state index in [0.717, 1.165) is 0 Å². The van der Waals surface area contributed by atoms with Crippen LogP contribution >= 0.6 is 0 Å². The first-order valence-electron chi connectivity index (χ1n) is 4.31. The molecule has 0 aromatic heterocycles. The Hall–Kier alpha value is -3.85. The van der Waals surface area contributed by atoms with E-state index >= 15 is 0 Å². The second-order valence-corrected chi connectivity index (χ2v) is 2.03. The van der Waals surface area contributed by atoms with Crippen LogP contribution in [0, 0.1) is 95.2 Å². The van der Waals surface area contributed by atoms with Crippen LogP contribution in [0.15, 0.2) is 0 Å². The highest BCUT2D eigenvalue weighted by Gasteiger charge is 1.57. The maximum atomic E-state index is 9.78. The highest BCUT2D eigenvalue weighted by Crippen LogP contribution is 1.57. The van der Waals surface area contributed by atoms with Gasteiger partial charge in [-0.2, -0.15) is 0 Å². The van der Waals surface area contributed by atoms with Crippen molar-refractivity contribution in [3.63, 3.8) is 0 Å². The third-order valence-corrected chi connectivity index (χ3v) is 0.953. The Morgan fingerprint density at radius 1 is 0.556 bits per heavy atom. The molecule has 1 heteroatoms. The standard InChI is InChI=1S/C17H2O/c1-2-3-4-5-6-7-8-9-10-11-12-13-14-15-16-17-18/h1,17H. The lowest BCUT2D eigenvalue weighted by atomic mass is 10.5. The number of terminal acetylenes is 1. The van der Waals surface area contributed by atoms with E-state index in [0.29, 0.717) is 6.29 Å². The number of hydrogen-bond acceptors (Lipinski definition) is 1. The van der Waals surface area contributed by atoms with Gasteiger partial charge in [0.1, 0.15) is 0 Å². The van der Waals surface area contributed by atoms with Gasteiger partial charge in [-0.3, -0.25) is 4.79 Å². The summed E-state index contributed by atoms with van der Waals surface area (Å²) in [4.78, 5) is 9.78. The second-order valence-electron chi connectivity index (χ2n) is 2.03. The fourth-order valence-electron chi connectivity index (χ4n) is 0.445. The molecule has 0 N–H and O–H groups in total. The zero-order valence-corrected chi connectivity index (χ0v) is 9.06. The topological polar surface area (TPSA) is 17.1 Å². The first kappa shape index (κ1) is 14.1. The summed E-state index contributed by atoms with van der Waals surface area (Å²) in [6, 6.07) is 0. The number of carbonyl (C=O) groups excluding carboxylic acids is 1. The molecule has 0 radical (unpaired) electrons. The van der Waals surface area contributed by atoms with Gasteiger partial charge in [-0.25, -0.2) is 0 Å². The van der Waals surface area contributed by atoms with Crippen molar-refractivity contribution in [2.45, 2.75) is 0 Å². The molecule has 0 saturated carbocycles. The summed E-state index contributed by atoms with van der Waals surface area (Å²) in [5.74, 6) is 35.4. The van der Waals surface area contributed by atoms with Gasteiger partial charge in [-0.15, -0.1) is 6.42 Å². The zero-order chi connectivity index (χ0) is 13.3. The van der Waals surface area contributed by atoms with Crippen molar-refractivity contribution < 1.29 is 4.79 Å². The van der Waals surface area contributed by atoms with Crippen LogP contribution in [-0.4, -0.2) is 6.29 Å². The zero-order valence-electron chi connectivity index (χ0n) is 9.06. The van der Waals surface area contributed by atoms with Crippen molar-refractivity contribution in [2.75, 3.05) is 0 Å². The highest BCUT2D eigenvalue weighted by atomic mass is 16.1. The van der Waals surface area contributed by atoms with Crippen molar-refractivity contribution in [1.29, 1.82) is 0 Å².